The summed E-state index contributed by atoms with van der Waals surface area (Å²) in [6.07, 6.45) is 5.66. The number of carbonyl (C=O) groups is 1. The van der Waals surface area contributed by atoms with E-state index < -0.39 is 0 Å². The van der Waals surface area contributed by atoms with Crippen LogP contribution in [0, 0.1) is 0 Å². The van der Waals surface area contributed by atoms with Crippen molar-refractivity contribution in [1.29, 1.82) is 0 Å². The Balaban J connectivity index is 1.58. The Bertz CT molecular complexity index is 894. The van der Waals surface area contributed by atoms with E-state index in [4.69, 9.17) is 13.9 Å². The fourth-order valence-corrected chi connectivity index (χ4v) is 2.69. The molecule has 0 aliphatic heterocycles. The standard InChI is InChI=1S/C20H21N3O4/c1-25-15-7-5-14(18(12-15)26-2)6-8-19(24)23-13-16-20(22-10-9-21-16)17-4-3-11-27-17/h3-5,7,9-12H,6,8,13H2,1-2H3,(H,23,24). The molecular weight excluding hydrogens is 346 g/mol. The van der Waals surface area contributed by atoms with Gasteiger partial charge in [0.25, 0.3) is 0 Å². The molecule has 7 nitrogen and oxygen atoms in total. The number of rotatable bonds is 8. The van der Waals surface area contributed by atoms with Gasteiger partial charge in [-0.25, -0.2) is 4.98 Å². The van der Waals surface area contributed by atoms with Crippen LogP contribution in [0.25, 0.3) is 11.5 Å². The van der Waals surface area contributed by atoms with Gasteiger partial charge in [-0.05, 0) is 30.2 Å². The lowest BCUT2D eigenvalue weighted by atomic mass is 10.1. The molecule has 0 saturated heterocycles. The molecule has 3 aromatic rings. The smallest absolute Gasteiger partial charge is 0.220 e. The fraction of sp³-hybridized carbons (Fsp3) is 0.250. The lowest BCUT2D eigenvalue weighted by molar-refractivity contribution is -0.121. The van der Waals surface area contributed by atoms with Crippen LogP contribution in [-0.4, -0.2) is 30.1 Å². The summed E-state index contributed by atoms with van der Waals surface area (Å²) >= 11 is 0. The third-order valence-electron chi connectivity index (χ3n) is 4.10. The van der Waals surface area contributed by atoms with Gasteiger partial charge in [0.1, 0.15) is 17.2 Å². The molecule has 0 unspecified atom stereocenters. The van der Waals surface area contributed by atoms with E-state index in [1.807, 2.05) is 24.3 Å². The highest BCUT2D eigenvalue weighted by Gasteiger charge is 2.12. The monoisotopic (exact) mass is 367 g/mol. The molecule has 0 aliphatic rings. The number of hydrogen-bond acceptors (Lipinski definition) is 6. The predicted octanol–water partition coefficient (Wildman–Crippen LogP) is 3.00. The molecule has 0 radical (unpaired) electrons. The summed E-state index contributed by atoms with van der Waals surface area (Å²) in [6, 6.07) is 9.16. The molecule has 1 amide bonds. The zero-order chi connectivity index (χ0) is 19.1. The Labute approximate surface area is 157 Å². The lowest BCUT2D eigenvalue weighted by Crippen LogP contribution is -2.24. The summed E-state index contributed by atoms with van der Waals surface area (Å²) in [4.78, 5) is 20.9. The number of aromatic nitrogens is 2. The minimum Gasteiger partial charge on any atom is -0.497 e. The van der Waals surface area contributed by atoms with Crippen LogP contribution in [0.15, 0.2) is 53.4 Å². The van der Waals surface area contributed by atoms with Gasteiger partial charge in [-0.2, -0.15) is 0 Å². The first-order valence-electron chi connectivity index (χ1n) is 8.52. The number of benzene rings is 1. The van der Waals surface area contributed by atoms with Crippen LogP contribution in [0.5, 0.6) is 11.5 Å². The fourth-order valence-electron chi connectivity index (χ4n) is 2.69. The van der Waals surface area contributed by atoms with E-state index in [1.165, 1.54) is 0 Å². The van der Waals surface area contributed by atoms with E-state index >= 15 is 0 Å². The van der Waals surface area contributed by atoms with Crippen molar-refractivity contribution >= 4 is 5.91 Å². The Morgan fingerprint density at radius 3 is 2.74 bits per heavy atom. The maximum absolute atomic E-state index is 12.3. The average Bonchev–Trinajstić information content (AvgIpc) is 3.25. The molecule has 27 heavy (non-hydrogen) atoms. The molecule has 1 aromatic carbocycles. The van der Waals surface area contributed by atoms with Gasteiger partial charge >= 0.3 is 0 Å². The average molecular weight is 367 g/mol. The number of hydrogen-bond donors (Lipinski definition) is 1. The summed E-state index contributed by atoms with van der Waals surface area (Å²) in [6.45, 7) is 0.280. The summed E-state index contributed by atoms with van der Waals surface area (Å²) < 4.78 is 15.9. The Morgan fingerprint density at radius 2 is 2.00 bits per heavy atom. The second-order valence-electron chi connectivity index (χ2n) is 5.78. The van der Waals surface area contributed by atoms with Crippen molar-refractivity contribution in [2.24, 2.45) is 0 Å². The first kappa shape index (κ1) is 18.4. The van der Waals surface area contributed by atoms with Gasteiger partial charge in [0.05, 0.1) is 32.7 Å². The van der Waals surface area contributed by atoms with Crippen molar-refractivity contribution in [2.75, 3.05) is 14.2 Å². The van der Waals surface area contributed by atoms with E-state index in [0.717, 1.165) is 5.56 Å². The van der Waals surface area contributed by atoms with Gasteiger partial charge in [0.2, 0.25) is 5.91 Å². The molecule has 0 aliphatic carbocycles. The molecule has 0 fully saturated rings. The van der Waals surface area contributed by atoms with Crippen molar-refractivity contribution in [1.82, 2.24) is 15.3 Å². The molecule has 0 saturated carbocycles. The van der Waals surface area contributed by atoms with Crippen molar-refractivity contribution in [3.8, 4) is 23.0 Å². The van der Waals surface area contributed by atoms with Crippen molar-refractivity contribution < 1.29 is 18.7 Å². The first-order valence-corrected chi connectivity index (χ1v) is 8.52. The summed E-state index contributed by atoms with van der Waals surface area (Å²) in [5.41, 5.74) is 2.23. The summed E-state index contributed by atoms with van der Waals surface area (Å²) in [7, 11) is 3.20. The van der Waals surface area contributed by atoms with E-state index in [-0.39, 0.29) is 12.5 Å². The van der Waals surface area contributed by atoms with Crippen LogP contribution < -0.4 is 14.8 Å². The minimum absolute atomic E-state index is 0.0797. The zero-order valence-electron chi connectivity index (χ0n) is 15.3. The quantitative estimate of drug-likeness (QED) is 0.659. The molecule has 0 atom stereocenters. The third kappa shape index (κ3) is 4.63. The molecule has 0 bridgehead atoms. The van der Waals surface area contributed by atoms with Gasteiger partial charge in [-0.1, -0.05) is 6.07 Å². The van der Waals surface area contributed by atoms with Crippen LogP contribution in [0.4, 0.5) is 0 Å². The van der Waals surface area contributed by atoms with E-state index in [2.05, 4.69) is 15.3 Å². The maximum Gasteiger partial charge on any atom is 0.220 e. The number of aryl methyl sites for hydroxylation is 1. The molecular formula is C20H21N3O4. The van der Waals surface area contributed by atoms with Crippen molar-refractivity contribution in [3.63, 3.8) is 0 Å². The van der Waals surface area contributed by atoms with E-state index in [0.29, 0.717) is 41.5 Å². The first-order chi connectivity index (χ1) is 13.2. The van der Waals surface area contributed by atoms with Crippen molar-refractivity contribution in [3.05, 3.63) is 60.2 Å². The number of methoxy groups -OCH3 is 2. The molecule has 0 spiro atoms. The second-order valence-corrected chi connectivity index (χ2v) is 5.78. The van der Waals surface area contributed by atoms with Gasteiger partial charge in [0.15, 0.2) is 5.76 Å². The number of furan rings is 1. The zero-order valence-corrected chi connectivity index (χ0v) is 15.3. The Kier molecular flexibility index (Phi) is 6.04. The summed E-state index contributed by atoms with van der Waals surface area (Å²) in [5.74, 6) is 1.96. The topological polar surface area (TPSA) is 86.5 Å². The Morgan fingerprint density at radius 1 is 1.15 bits per heavy atom. The Hall–Kier alpha value is -3.35. The highest BCUT2D eigenvalue weighted by Crippen LogP contribution is 2.25. The number of nitrogens with one attached hydrogen (secondary N) is 1. The normalized spacial score (nSPS) is 10.4. The molecule has 2 heterocycles. The van der Waals surface area contributed by atoms with Gasteiger partial charge in [-0.15, -0.1) is 0 Å². The summed E-state index contributed by atoms with van der Waals surface area (Å²) in [5, 5.41) is 2.88. The van der Waals surface area contributed by atoms with Crippen molar-refractivity contribution in [2.45, 2.75) is 19.4 Å². The van der Waals surface area contributed by atoms with Gasteiger partial charge < -0.3 is 19.2 Å². The third-order valence-corrected chi connectivity index (χ3v) is 4.10. The van der Waals surface area contributed by atoms with Crippen LogP contribution in [0.3, 0.4) is 0 Å². The highest BCUT2D eigenvalue weighted by molar-refractivity contribution is 5.76. The van der Waals surface area contributed by atoms with Crippen LogP contribution in [0.2, 0.25) is 0 Å². The number of ether oxygens (including phenoxy) is 2. The van der Waals surface area contributed by atoms with Crippen LogP contribution in [-0.2, 0) is 17.8 Å². The largest absolute Gasteiger partial charge is 0.497 e. The lowest BCUT2D eigenvalue weighted by Gasteiger charge is -2.11. The minimum atomic E-state index is -0.0797. The molecule has 3 rings (SSSR count). The number of carbonyl (C=O) groups excluding carboxylic acids is 1. The molecule has 7 heteroatoms. The van der Waals surface area contributed by atoms with Gasteiger partial charge in [0, 0.05) is 24.9 Å². The second kappa shape index (κ2) is 8.84. The van der Waals surface area contributed by atoms with E-state index in [9.17, 15) is 4.79 Å². The number of amides is 1. The predicted molar refractivity (Wildman–Crippen MR) is 99.4 cm³/mol. The van der Waals surface area contributed by atoms with Gasteiger partial charge in [-0.3, -0.25) is 9.78 Å². The van der Waals surface area contributed by atoms with Crippen LogP contribution in [0.1, 0.15) is 17.7 Å². The molecule has 2 aromatic heterocycles. The number of nitrogens with zero attached hydrogens (tertiary/aromatic N) is 2. The van der Waals surface area contributed by atoms with E-state index in [1.54, 1.807) is 38.9 Å². The maximum atomic E-state index is 12.3. The highest BCUT2D eigenvalue weighted by atomic mass is 16.5. The molecule has 1 N–H and O–H groups in total. The SMILES string of the molecule is COc1ccc(CCC(=O)NCc2nccnc2-c2ccco2)c(OC)c1. The molecule has 140 valence electrons. The van der Waals surface area contributed by atoms with Crippen LogP contribution >= 0.6 is 0 Å².